The number of aromatic carboxylic acids is 1. The van der Waals surface area contributed by atoms with Gasteiger partial charge in [0.1, 0.15) is 0 Å². The van der Waals surface area contributed by atoms with Crippen molar-refractivity contribution < 1.29 is 14.7 Å². The first-order chi connectivity index (χ1) is 9.18. The van der Waals surface area contributed by atoms with E-state index in [4.69, 9.17) is 5.11 Å². The summed E-state index contributed by atoms with van der Waals surface area (Å²) < 4.78 is 0. The molecule has 0 saturated carbocycles. The lowest BCUT2D eigenvalue weighted by molar-refractivity contribution is -0.129. The molecule has 1 saturated heterocycles. The predicted molar refractivity (Wildman–Crippen MR) is 69.1 cm³/mol. The van der Waals surface area contributed by atoms with Crippen molar-refractivity contribution in [1.29, 1.82) is 0 Å². The lowest BCUT2D eigenvalue weighted by atomic mass is 10.2. The number of anilines is 1. The molecule has 0 bridgehead atoms. The molecule has 0 unspecified atom stereocenters. The summed E-state index contributed by atoms with van der Waals surface area (Å²) >= 11 is 0. The van der Waals surface area contributed by atoms with Gasteiger partial charge in [0.25, 0.3) is 0 Å². The summed E-state index contributed by atoms with van der Waals surface area (Å²) in [7, 11) is 0. The average Bonchev–Trinajstić information content (AvgIpc) is 2.46. The largest absolute Gasteiger partial charge is 0.478 e. The number of rotatable bonds is 4. The molecule has 1 aliphatic heterocycles. The molecule has 0 atom stereocenters. The maximum absolute atomic E-state index is 11.9. The molecule has 0 radical (unpaired) electrons. The van der Waals surface area contributed by atoms with E-state index in [1.54, 1.807) is 4.90 Å². The number of pyridine rings is 1. The van der Waals surface area contributed by atoms with E-state index in [2.05, 4.69) is 15.6 Å². The van der Waals surface area contributed by atoms with Crippen LogP contribution in [-0.4, -0.2) is 59.6 Å². The van der Waals surface area contributed by atoms with Crippen molar-refractivity contribution >= 4 is 17.6 Å². The molecule has 102 valence electrons. The van der Waals surface area contributed by atoms with Gasteiger partial charge in [0.05, 0.1) is 24.0 Å². The molecule has 1 aromatic rings. The van der Waals surface area contributed by atoms with Crippen molar-refractivity contribution in [2.45, 2.75) is 0 Å². The van der Waals surface area contributed by atoms with Gasteiger partial charge in [-0.05, 0) is 6.07 Å². The Labute approximate surface area is 110 Å². The molecule has 1 aliphatic rings. The number of aromatic nitrogens is 1. The van der Waals surface area contributed by atoms with Gasteiger partial charge in [-0.2, -0.15) is 0 Å². The summed E-state index contributed by atoms with van der Waals surface area (Å²) in [5.74, 6) is -1.08. The highest BCUT2D eigenvalue weighted by Gasteiger charge is 2.17. The third kappa shape index (κ3) is 3.41. The first-order valence-corrected chi connectivity index (χ1v) is 6.08. The molecule has 0 spiro atoms. The quantitative estimate of drug-likeness (QED) is 0.686. The molecule has 7 nitrogen and oxygen atoms in total. The minimum atomic E-state index is -1.04. The van der Waals surface area contributed by atoms with Crippen LogP contribution in [0.25, 0.3) is 0 Å². The normalized spacial score (nSPS) is 15.1. The van der Waals surface area contributed by atoms with Crippen LogP contribution in [-0.2, 0) is 4.79 Å². The van der Waals surface area contributed by atoms with Crippen LogP contribution in [0.2, 0.25) is 0 Å². The highest BCUT2D eigenvalue weighted by atomic mass is 16.4. The second-order valence-corrected chi connectivity index (χ2v) is 4.21. The minimum Gasteiger partial charge on any atom is -0.478 e. The topological polar surface area (TPSA) is 94.6 Å². The van der Waals surface area contributed by atoms with Crippen LogP contribution >= 0.6 is 0 Å². The number of carbonyl (C=O) groups excluding carboxylic acids is 1. The predicted octanol–water partition coefficient (Wildman–Crippen LogP) is -0.376. The van der Waals surface area contributed by atoms with Crippen molar-refractivity contribution in [2.24, 2.45) is 0 Å². The van der Waals surface area contributed by atoms with Gasteiger partial charge in [0.2, 0.25) is 5.91 Å². The van der Waals surface area contributed by atoms with Gasteiger partial charge in [0, 0.05) is 32.4 Å². The lowest BCUT2D eigenvalue weighted by Gasteiger charge is -2.27. The van der Waals surface area contributed by atoms with Crippen LogP contribution < -0.4 is 10.6 Å². The van der Waals surface area contributed by atoms with E-state index in [0.29, 0.717) is 18.8 Å². The Bertz CT molecular complexity index is 472. The molecule has 3 N–H and O–H groups in total. The van der Waals surface area contributed by atoms with Gasteiger partial charge in [-0.25, -0.2) is 4.79 Å². The molecule has 7 heteroatoms. The van der Waals surface area contributed by atoms with E-state index >= 15 is 0 Å². The number of amides is 1. The molecule has 0 aliphatic carbocycles. The number of piperazine rings is 1. The zero-order valence-electron chi connectivity index (χ0n) is 10.4. The van der Waals surface area contributed by atoms with Gasteiger partial charge < -0.3 is 20.6 Å². The highest BCUT2D eigenvalue weighted by Crippen LogP contribution is 2.12. The number of hydrogen-bond acceptors (Lipinski definition) is 5. The Morgan fingerprint density at radius 1 is 1.42 bits per heavy atom. The Kier molecular flexibility index (Phi) is 4.30. The maximum Gasteiger partial charge on any atom is 0.337 e. The van der Waals surface area contributed by atoms with Crippen molar-refractivity contribution in [3.05, 3.63) is 24.0 Å². The number of nitrogens with one attached hydrogen (secondary N) is 2. The summed E-state index contributed by atoms with van der Waals surface area (Å²) in [5.41, 5.74) is 0.474. The van der Waals surface area contributed by atoms with Crippen LogP contribution in [0.5, 0.6) is 0 Å². The highest BCUT2D eigenvalue weighted by molar-refractivity contribution is 5.94. The van der Waals surface area contributed by atoms with Gasteiger partial charge in [-0.1, -0.05) is 0 Å². The van der Waals surface area contributed by atoms with Crippen molar-refractivity contribution in [2.75, 3.05) is 38.0 Å². The number of hydrogen-bond donors (Lipinski definition) is 3. The van der Waals surface area contributed by atoms with E-state index in [0.717, 1.165) is 13.1 Å². The van der Waals surface area contributed by atoms with Crippen LogP contribution in [0.15, 0.2) is 18.5 Å². The molecule has 19 heavy (non-hydrogen) atoms. The van der Waals surface area contributed by atoms with Crippen LogP contribution in [0.3, 0.4) is 0 Å². The monoisotopic (exact) mass is 264 g/mol. The lowest BCUT2D eigenvalue weighted by Crippen LogP contribution is -2.48. The van der Waals surface area contributed by atoms with Crippen LogP contribution in [0, 0.1) is 0 Å². The molecule has 1 aromatic heterocycles. The maximum atomic E-state index is 11.9. The average molecular weight is 264 g/mol. The van der Waals surface area contributed by atoms with Gasteiger partial charge in [-0.3, -0.25) is 9.78 Å². The Hall–Kier alpha value is -2.15. The third-order valence-corrected chi connectivity index (χ3v) is 2.95. The van der Waals surface area contributed by atoms with Gasteiger partial charge in [-0.15, -0.1) is 0 Å². The summed E-state index contributed by atoms with van der Waals surface area (Å²) in [5, 5.41) is 15.0. The zero-order valence-corrected chi connectivity index (χ0v) is 10.4. The minimum absolute atomic E-state index is 0.0401. The Balaban J connectivity index is 1.94. The van der Waals surface area contributed by atoms with E-state index in [1.165, 1.54) is 18.5 Å². The summed E-state index contributed by atoms with van der Waals surface area (Å²) in [4.78, 5) is 28.5. The van der Waals surface area contributed by atoms with Crippen molar-refractivity contribution in [3.63, 3.8) is 0 Å². The van der Waals surface area contributed by atoms with Gasteiger partial charge >= 0.3 is 5.97 Å². The van der Waals surface area contributed by atoms with E-state index < -0.39 is 5.97 Å². The number of carboxylic acids is 1. The number of nitrogens with zero attached hydrogens (tertiary/aromatic N) is 2. The third-order valence-electron chi connectivity index (χ3n) is 2.95. The first kappa shape index (κ1) is 13.3. The molecule has 1 amide bonds. The number of carbonyl (C=O) groups is 2. The zero-order chi connectivity index (χ0) is 13.7. The van der Waals surface area contributed by atoms with Crippen LogP contribution in [0.1, 0.15) is 10.4 Å². The molecule has 1 fully saturated rings. The van der Waals surface area contributed by atoms with Crippen LogP contribution in [0.4, 0.5) is 5.69 Å². The SMILES string of the molecule is O=C(O)c1ccncc1NCC(=O)N1CCNCC1. The fourth-order valence-corrected chi connectivity index (χ4v) is 1.92. The smallest absolute Gasteiger partial charge is 0.337 e. The molecule has 0 aromatic carbocycles. The molecular weight excluding hydrogens is 248 g/mol. The summed E-state index contributed by atoms with van der Waals surface area (Å²) in [6.07, 6.45) is 2.82. The van der Waals surface area contributed by atoms with Crippen molar-refractivity contribution in [1.82, 2.24) is 15.2 Å². The number of carboxylic acid groups (broad SMARTS) is 1. The standard InChI is InChI=1S/C12H16N4O3/c17-11(16-5-3-13-4-6-16)8-15-10-7-14-2-1-9(10)12(18)19/h1-2,7,13,15H,3-6,8H2,(H,18,19). The summed E-state index contributed by atoms with van der Waals surface area (Å²) in [6.45, 7) is 3.02. The Morgan fingerprint density at radius 3 is 2.84 bits per heavy atom. The van der Waals surface area contributed by atoms with Crippen molar-refractivity contribution in [3.8, 4) is 0 Å². The summed E-state index contributed by atoms with van der Waals surface area (Å²) in [6, 6.07) is 1.40. The second kappa shape index (κ2) is 6.14. The molecule has 2 heterocycles. The molecular formula is C12H16N4O3. The second-order valence-electron chi connectivity index (χ2n) is 4.21. The Morgan fingerprint density at radius 2 is 2.16 bits per heavy atom. The van der Waals surface area contributed by atoms with Gasteiger partial charge in [0.15, 0.2) is 0 Å². The van der Waals surface area contributed by atoms with E-state index in [1.807, 2.05) is 0 Å². The fourth-order valence-electron chi connectivity index (χ4n) is 1.92. The fraction of sp³-hybridized carbons (Fsp3) is 0.417. The first-order valence-electron chi connectivity index (χ1n) is 6.08. The van der Waals surface area contributed by atoms with E-state index in [-0.39, 0.29) is 18.0 Å². The molecule has 2 rings (SSSR count). The van der Waals surface area contributed by atoms with E-state index in [9.17, 15) is 9.59 Å².